The van der Waals surface area contributed by atoms with Crippen molar-refractivity contribution in [3.63, 3.8) is 0 Å². The minimum Gasteiger partial charge on any atom is -0.383 e. The Kier molecular flexibility index (Phi) is 6.21. The van der Waals surface area contributed by atoms with Crippen LogP contribution < -0.4 is 5.56 Å². The monoisotopic (exact) mass is 385 g/mol. The number of rotatable bonds is 7. The van der Waals surface area contributed by atoms with Gasteiger partial charge in [-0.15, -0.1) is 0 Å². The maximum Gasteiger partial charge on any atom is 0.258 e. The van der Waals surface area contributed by atoms with Crippen molar-refractivity contribution in [2.75, 3.05) is 20.3 Å². The lowest BCUT2D eigenvalue weighted by Crippen LogP contribution is -2.35. The first-order chi connectivity index (χ1) is 13.1. The van der Waals surface area contributed by atoms with Gasteiger partial charge < -0.3 is 14.6 Å². The number of carbonyl (C=O) groups is 1. The molecule has 0 radical (unpaired) electrons. The number of nitrogens with one attached hydrogen (secondary N) is 1. The lowest BCUT2D eigenvalue weighted by molar-refractivity contribution is -0.131. The molecule has 140 valence electrons. The molecule has 0 spiro atoms. The van der Waals surface area contributed by atoms with E-state index in [0.717, 1.165) is 5.56 Å². The average molecular weight is 386 g/mol. The van der Waals surface area contributed by atoms with Crippen molar-refractivity contribution < 1.29 is 9.53 Å². The van der Waals surface area contributed by atoms with E-state index in [1.54, 1.807) is 36.3 Å². The molecule has 0 bridgehead atoms. The fourth-order valence-electron chi connectivity index (χ4n) is 2.80. The number of methoxy groups -OCH3 is 1. The SMILES string of the molecule is COCCN(Cc1nc2ccccc2c(=O)[nH]1)C(=O)Cc1ccccc1Cl. The Hall–Kier alpha value is -2.70. The van der Waals surface area contributed by atoms with Crippen molar-refractivity contribution in [3.05, 3.63) is 75.3 Å². The number of aromatic amines is 1. The molecule has 0 unspecified atom stereocenters. The van der Waals surface area contributed by atoms with Crippen LogP contribution in [0.5, 0.6) is 0 Å². The molecule has 0 aliphatic rings. The van der Waals surface area contributed by atoms with Crippen molar-refractivity contribution in [1.82, 2.24) is 14.9 Å². The molecule has 27 heavy (non-hydrogen) atoms. The van der Waals surface area contributed by atoms with Gasteiger partial charge in [0, 0.05) is 18.7 Å². The summed E-state index contributed by atoms with van der Waals surface area (Å²) in [6, 6.07) is 14.4. The van der Waals surface area contributed by atoms with Crippen LogP contribution in [0.4, 0.5) is 0 Å². The number of benzene rings is 2. The predicted octanol–water partition coefficient (Wildman–Crippen LogP) is 2.79. The summed E-state index contributed by atoms with van der Waals surface area (Å²) in [7, 11) is 1.58. The summed E-state index contributed by atoms with van der Waals surface area (Å²) in [6.07, 6.45) is 0.168. The van der Waals surface area contributed by atoms with E-state index in [1.807, 2.05) is 24.3 Å². The third-order valence-corrected chi connectivity index (χ3v) is 4.59. The molecule has 2 aromatic carbocycles. The number of nitrogens with zero attached hydrogens (tertiary/aromatic N) is 2. The lowest BCUT2D eigenvalue weighted by atomic mass is 10.1. The van der Waals surface area contributed by atoms with Gasteiger partial charge in [0.05, 0.1) is 30.5 Å². The molecule has 0 saturated heterocycles. The highest BCUT2D eigenvalue weighted by molar-refractivity contribution is 6.31. The number of ether oxygens (including phenoxy) is 1. The van der Waals surface area contributed by atoms with E-state index in [9.17, 15) is 9.59 Å². The van der Waals surface area contributed by atoms with Crippen LogP contribution in [0, 0.1) is 0 Å². The summed E-state index contributed by atoms with van der Waals surface area (Å²) in [5.74, 6) is 0.318. The van der Waals surface area contributed by atoms with Gasteiger partial charge in [0.2, 0.25) is 5.91 Å². The molecule has 0 atom stereocenters. The normalized spacial score (nSPS) is 10.9. The highest BCUT2D eigenvalue weighted by Crippen LogP contribution is 2.17. The molecule has 7 heteroatoms. The van der Waals surface area contributed by atoms with Gasteiger partial charge in [-0.2, -0.15) is 0 Å². The Bertz CT molecular complexity index is 1000. The van der Waals surface area contributed by atoms with Crippen molar-refractivity contribution in [2.45, 2.75) is 13.0 Å². The smallest absolute Gasteiger partial charge is 0.258 e. The molecule has 0 aliphatic heterocycles. The number of H-pyrrole nitrogens is 1. The summed E-state index contributed by atoms with van der Waals surface area (Å²) >= 11 is 6.17. The van der Waals surface area contributed by atoms with E-state index in [-0.39, 0.29) is 24.4 Å². The maximum atomic E-state index is 12.8. The first-order valence-electron chi connectivity index (χ1n) is 8.56. The summed E-state index contributed by atoms with van der Waals surface area (Å²) in [5, 5.41) is 1.07. The predicted molar refractivity (Wildman–Crippen MR) is 105 cm³/mol. The number of carbonyl (C=O) groups excluding carboxylic acids is 1. The van der Waals surface area contributed by atoms with Crippen LogP contribution in [-0.2, 0) is 22.5 Å². The number of amides is 1. The molecule has 3 aromatic rings. The van der Waals surface area contributed by atoms with Gasteiger partial charge in [-0.25, -0.2) is 4.98 Å². The van der Waals surface area contributed by atoms with Crippen molar-refractivity contribution in [1.29, 1.82) is 0 Å². The summed E-state index contributed by atoms with van der Waals surface area (Å²) < 4.78 is 5.12. The summed E-state index contributed by atoms with van der Waals surface area (Å²) in [4.78, 5) is 33.9. The zero-order valence-corrected chi connectivity index (χ0v) is 15.7. The largest absolute Gasteiger partial charge is 0.383 e. The van der Waals surface area contributed by atoms with Crippen LogP contribution in [0.15, 0.2) is 53.3 Å². The molecule has 1 N–H and O–H groups in total. The van der Waals surface area contributed by atoms with Crippen LogP contribution in [0.1, 0.15) is 11.4 Å². The molecule has 3 rings (SSSR count). The van der Waals surface area contributed by atoms with Crippen LogP contribution in [0.3, 0.4) is 0 Å². The summed E-state index contributed by atoms with van der Waals surface area (Å²) in [5.41, 5.74) is 1.13. The quantitative estimate of drug-likeness (QED) is 0.678. The number of hydrogen-bond acceptors (Lipinski definition) is 4. The lowest BCUT2D eigenvalue weighted by Gasteiger charge is -2.22. The zero-order chi connectivity index (χ0) is 19.2. The third-order valence-electron chi connectivity index (χ3n) is 4.22. The van der Waals surface area contributed by atoms with Gasteiger partial charge >= 0.3 is 0 Å². The first kappa shape index (κ1) is 19.1. The molecular formula is C20H20ClN3O3. The highest BCUT2D eigenvalue weighted by atomic mass is 35.5. The third kappa shape index (κ3) is 4.72. The van der Waals surface area contributed by atoms with E-state index < -0.39 is 0 Å². The molecule has 6 nitrogen and oxygen atoms in total. The highest BCUT2D eigenvalue weighted by Gasteiger charge is 2.17. The fourth-order valence-corrected chi connectivity index (χ4v) is 3.00. The van der Waals surface area contributed by atoms with Gasteiger partial charge in [-0.05, 0) is 23.8 Å². The Labute approximate surface area is 161 Å². The minimum absolute atomic E-state index is 0.115. The summed E-state index contributed by atoms with van der Waals surface area (Å²) in [6.45, 7) is 0.953. The minimum atomic E-state index is -0.221. The van der Waals surface area contributed by atoms with Gasteiger partial charge in [-0.3, -0.25) is 9.59 Å². The fraction of sp³-hybridized carbons (Fsp3) is 0.250. The number of halogens is 1. The second-order valence-corrected chi connectivity index (χ2v) is 6.51. The van der Waals surface area contributed by atoms with Crippen LogP contribution in [-0.4, -0.2) is 41.0 Å². The van der Waals surface area contributed by atoms with Crippen LogP contribution in [0.25, 0.3) is 10.9 Å². The zero-order valence-electron chi connectivity index (χ0n) is 14.9. The Morgan fingerprint density at radius 2 is 1.93 bits per heavy atom. The van der Waals surface area contributed by atoms with Gasteiger partial charge in [-0.1, -0.05) is 41.9 Å². The van der Waals surface area contributed by atoms with Crippen molar-refractivity contribution in [3.8, 4) is 0 Å². The molecule has 1 heterocycles. The molecular weight excluding hydrogens is 366 g/mol. The van der Waals surface area contributed by atoms with E-state index in [1.165, 1.54) is 0 Å². The Morgan fingerprint density at radius 3 is 2.70 bits per heavy atom. The second kappa shape index (κ2) is 8.79. The second-order valence-electron chi connectivity index (χ2n) is 6.11. The van der Waals surface area contributed by atoms with Gasteiger partial charge in [0.15, 0.2) is 0 Å². The molecule has 1 amide bonds. The molecule has 0 fully saturated rings. The molecule has 0 saturated carbocycles. The maximum absolute atomic E-state index is 12.8. The van der Waals surface area contributed by atoms with Crippen molar-refractivity contribution in [2.24, 2.45) is 0 Å². The molecule has 0 aliphatic carbocycles. The van der Waals surface area contributed by atoms with Crippen molar-refractivity contribution >= 4 is 28.4 Å². The van der Waals surface area contributed by atoms with E-state index in [4.69, 9.17) is 16.3 Å². The topological polar surface area (TPSA) is 75.3 Å². The van der Waals surface area contributed by atoms with E-state index in [0.29, 0.717) is 34.9 Å². The van der Waals surface area contributed by atoms with Crippen LogP contribution >= 0.6 is 11.6 Å². The van der Waals surface area contributed by atoms with Crippen LogP contribution in [0.2, 0.25) is 5.02 Å². The Balaban J connectivity index is 1.83. The number of para-hydroxylation sites is 1. The Morgan fingerprint density at radius 1 is 1.19 bits per heavy atom. The number of fused-ring (bicyclic) bond motifs is 1. The first-order valence-corrected chi connectivity index (χ1v) is 8.94. The van der Waals surface area contributed by atoms with Gasteiger partial charge in [0.25, 0.3) is 5.56 Å². The molecule has 1 aromatic heterocycles. The average Bonchev–Trinajstić information content (AvgIpc) is 2.67. The number of hydrogen-bond donors (Lipinski definition) is 1. The number of aromatic nitrogens is 2. The van der Waals surface area contributed by atoms with E-state index in [2.05, 4.69) is 9.97 Å². The van der Waals surface area contributed by atoms with Gasteiger partial charge in [0.1, 0.15) is 5.82 Å². The van der Waals surface area contributed by atoms with E-state index >= 15 is 0 Å². The standard InChI is InChI=1S/C20H20ClN3O3/c1-27-11-10-24(19(25)12-14-6-2-4-8-16(14)21)13-18-22-17-9-5-3-7-15(17)20(26)23-18/h2-9H,10-13H2,1H3,(H,22,23,26).